The maximum atomic E-state index is 16.9. The number of para-hydroxylation sites is 6. The van der Waals surface area contributed by atoms with E-state index in [-0.39, 0.29) is 17.2 Å². The molecule has 0 spiro atoms. The van der Waals surface area contributed by atoms with Crippen LogP contribution < -0.4 is 45.5 Å². The zero-order chi connectivity index (χ0) is 49.3. The third-order valence-electron chi connectivity index (χ3n) is 12.3. The normalized spacial score (nSPS) is 11.0. The SMILES string of the molecule is Cc1cc(Nc2ccccc2)c(Nc2ccccc2)c(OP(=O)(Oc2c(C)c(C)cc(Nc3ccccc3)c2Nc2ccccc2)Oc2c(C)c(C)cc(Nc3ccccc3)c2Nc2ccccc2)c1C. The van der Waals surface area contributed by atoms with Crippen LogP contribution >= 0.6 is 7.82 Å². The van der Waals surface area contributed by atoms with E-state index >= 15 is 4.57 Å². The second-order valence-corrected chi connectivity index (χ2v) is 18.8. The van der Waals surface area contributed by atoms with Crippen molar-refractivity contribution < 1.29 is 18.1 Å². The highest BCUT2D eigenvalue weighted by atomic mass is 31.2. The summed E-state index contributed by atoms with van der Waals surface area (Å²) in [5, 5.41) is 21.7. The average Bonchev–Trinajstić information content (AvgIpc) is 3.39. The number of hydrogen-bond acceptors (Lipinski definition) is 10. The van der Waals surface area contributed by atoms with Gasteiger partial charge in [-0.25, -0.2) is 0 Å². The molecule has 0 fully saturated rings. The Bertz CT molecular complexity index is 2960. The highest BCUT2D eigenvalue weighted by Crippen LogP contribution is 2.59. The number of phosphoric acid groups is 1. The Morgan fingerprint density at radius 1 is 0.296 bits per heavy atom. The molecule has 10 nitrogen and oxygen atoms in total. The summed E-state index contributed by atoms with van der Waals surface area (Å²) in [5.74, 6) is 0.810. The quantitative estimate of drug-likeness (QED) is 0.0464. The first-order valence-electron chi connectivity index (χ1n) is 23.5. The molecule has 356 valence electrons. The first-order valence-corrected chi connectivity index (χ1v) is 25.0. The molecule has 0 radical (unpaired) electrons. The van der Waals surface area contributed by atoms with E-state index in [2.05, 4.69) is 50.1 Å². The standard InChI is InChI=1S/C60H57N6O4P/c1-40-37-52(61-46-25-13-7-14-26-46)55(64-49-31-19-10-20-32-49)58(43(40)4)68-71(67,69-59-44(5)41(2)38-53(62-47-27-15-8-16-28-47)56(59)65-50-33-21-11-22-34-50)70-60-45(6)42(3)39-54(63-48-29-17-9-18-30-48)57(60)66-51-35-23-12-24-36-51/h7-39,61-66H,1-6H3. The fourth-order valence-corrected chi connectivity index (χ4v) is 9.55. The van der Waals surface area contributed by atoms with Crippen LogP contribution in [0.5, 0.6) is 17.2 Å². The molecule has 0 aromatic heterocycles. The smallest absolute Gasteiger partial charge is 0.383 e. The number of nitrogens with one attached hydrogen (secondary N) is 6. The summed E-state index contributed by atoms with van der Waals surface area (Å²) >= 11 is 0. The predicted octanol–water partition coefficient (Wildman–Crippen LogP) is 17.6. The van der Waals surface area contributed by atoms with Crippen molar-refractivity contribution in [2.75, 3.05) is 31.9 Å². The maximum absolute atomic E-state index is 16.9. The Labute approximate surface area is 416 Å². The van der Waals surface area contributed by atoms with Crippen molar-refractivity contribution in [2.24, 2.45) is 0 Å². The van der Waals surface area contributed by atoms with Crippen LogP contribution in [0.1, 0.15) is 33.4 Å². The summed E-state index contributed by atoms with van der Waals surface area (Å²) in [7, 11) is -4.93. The number of anilines is 12. The van der Waals surface area contributed by atoms with Crippen LogP contribution in [0.15, 0.2) is 200 Å². The van der Waals surface area contributed by atoms with Crippen LogP contribution in [0, 0.1) is 41.5 Å². The van der Waals surface area contributed by atoms with E-state index in [0.29, 0.717) is 34.1 Å². The molecule has 0 aliphatic rings. The third kappa shape index (κ3) is 11.3. The molecule has 0 heterocycles. The van der Waals surface area contributed by atoms with Crippen molar-refractivity contribution in [1.29, 1.82) is 0 Å². The fraction of sp³-hybridized carbons (Fsp3) is 0.100. The van der Waals surface area contributed by atoms with Crippen LogP contribution in [-0.4, -0.2) is 0 Å². The number of aryl methyl sites for hydroxylation is 3. The second-order valence-electron chi connectivity index (χ2n) is 17.4. The molecule has 0 aliphatic carbocycles. The van der Waals surface area contributed by atoms with Crippen LogP contribution in [0.2, 0.25) is 0 Å². The Hall–Kier alpha value is -8.59. The largest absolute Gasteiger partial charge is 0.647 e. The summed E-state index contributed by atoms with van der Waals surface area (Å²) < 4.78 is 38.3. The van der Waals surface area contributed by atoms with E-state index in [0.717, 1.165) is 67.5 Å². The van der Waals surface area contributed by atoms with Crippen LogP contribution in [0.3, 0.4) is 0 Å². The Morgan fingerprint density at radius 3 is 0.704 bits per heavy atom. The third-order valence-corrected chi connectivity index (χ3v) is 13.5. The van der Waals surface area contributed by atoms with Crippen molar-refractivity contribution in [3.8, 4) is 17.2 Å². The monoisotopic (exact) mass is 956 g/mol. The van der Waals surface area contributed by atoms with E-state index in [1.54, 1.807) is 0 Å². The number of hydrogen-bond donors (Lipinski definition) is 6. The molecule has 0 bridgehead atoms. The topological polar surface area (TPSA) is 117 Å². The van der Waals surface area contributed by atoms with Crippen LogP contribution in [-0.2, 0) is 4.57 Å². The molecular weight excluding hydrogens is 900 g/mol. The van der Waals surface area contributed by atoms with Gasteiger partial charge in [-0.2, -0.15) is 4.57 Å². The molecule has 0 aliphatic heterocycles. The Kier molecular flexibility index (Phi) is 14.3. The summed E-state index contributed by atoms with van der Waals surface area (Å²) in [6, 6.07) is 65.3. The lowest BCUT2D eigenvalue weighted by Crippen LogP contribution is -2.14. The van der Waals surface area contributed by atoms with Gasteiger partial charge in [0.1, 0.15) is 17.1 Å². The van der Waals surface area contributed by atoms with Crippen molar-refractivity contribution in [2.45, 2.75) is 41.5 Å². The first kappa shape index (κ1) is 47.5. The molecule has 9 aromatic rings. The number of phosphoric ester groups is 1. The van der Waals surface area contributed by atoms with Crippen molar-refractivity contribution in [3.63, 3.8) is 0 Å². The summed E-state index contributed by atoms with van der Waals surface area (Å²) in [4.78, 5) is 0. The minimum absolute atomic E-state index is 0.270. The summed E-state index contributed by atoms with van der Waals surface area (Å²) in [5.41, 5.74) is 13.4. The van der Waals surface area contributed by atoms with E-state index in [9.17, 15) is 0 Å². The lowest BCUT2D eigenvalue weighted by Gasteiger charge is -2.29. The summed E-state index contributed by atoms with van der Waals surface area (Å²) in [6.07, 6.45) is 0. The van der Waals surface area contributed by atoms with Crippen LogP contribution in [0.4, 0.5) is 68.2 Å². The molecule has 0 atom stereocenters. The van der Waals surface area contributed by atoms with Crippen LogP contribution in [0.25, 0.3) is 0 Å². The predicted molar refractivity (Wildman–Crippen MR) is 296 cm³/mol. The van der Waals surface area contributed by atoms with Gasteiger partial charge < -0.3 is 45.5 Å². The van der Waals surface area contributed by atoms with Gasteiger partial charge in [-0.15, -0.1) is 0 Å². The fourth-order valence-electron chi connectivity index (χ4n) is 8.09. The highest BCUT2D eigenvalue weighted by Gasteiger charge is 2.40. The molecule has 0 amide bonds. The van der Waals surface area contributed by atoms with Gasteiger partial charge in [0.25, 0.3) is 0 Å². The van der Waals surface area contributed by atoms with Gasteiger partial charge in [0, 0.05) is 34.1 Å². The Morgan fingerprint density at radius 2 is 0.493 bits per heavy atom. The molecule has 71 heavy (non-hydrogen) atoms. The van der Waals surface area contributed by atoms with Gasteiger partial charge in [0.15, 0.2) is 17.2 Å². The number of benzene rings is 9. The van der Waals surface area contributed by atoms with Gasteiger partial charge in [-0.1, -0.05) is 109 Å². The minimum Gasteiger partial charge on any atom is -0.383 e. The van der Waals surface area contributed by atoms with Gasteiger partial charge in [-0.05, 0) is 166 Å². The lowest BCUT2D eigenvalue weighted by molar-refractivity contribution is 0.298. The van der Waals surface area contributed by atoms with E-state index in [4.69, 9.17) is 13.6 Å². The molecule has 11 heteroatoms. The molecular formula is C60H57N6O4P. The van der Waals surface area contributed by atoms with Gasteiger partial charge in [-0.3, -0.25) is 0 Å². The zero-order valence-electron chi connectivity index (χ0n) is 40.6. The molecule has 0 saturated heterocycles. The number of rotatable bonds is 18. The summed E-state index contributed by atoms with van der Waals surface area (Å²) in [6.45, 7) is 11.8. The molecule has 0 unspecified atom stereocenters. The molecule has 6 N–H and O–H groups in total. The van der Waals surface area contributed by atoms with Crippen molar-refractivity contribution in [3.05, 3.63) is 234 Å². The van der Waals surface area contributed by atoms with Gasteiger partial charge >= 0.3 is 7.82 Å². The minimum atomic E-state index is -4.93. The van der Waals surface area contributed by atoms with Gasteiger partial charge in [0.2, 0.25) is 0 Å². The van der Waals surface area contributed by atoms with E-state index in [1.807, 2.05) is 224 Å². The first-order chi connectivity index (χ1) is 34.5. The van der Waals surface area contributed by atoms with E-state index < -0.39 is 7.82 Å². The average molecular weight is 957 g/mol. The Balaban J connectivity index is 1.28. The van der Waals surface area contributed by atoms with Crippen molar-refractivity contribution in [1.82, 2.24) is 0 Å². The lowest BCUT2D eigenvalue weighted by atomic mass is 10.1. The molecule has 9 rings (SSSR count). The molecule has 9 aromatic carbocycles. The second kappa shape index (κ2) is 21.4. The van der Waals surface area contributed by atoms with E-state index in [1.165, 1.54) is 0 Å². The molecule has 0 saturated carbocycles. The van der Waals surface area contributed by atoms with Gasteiger partial charge in [0.05, 0.1) is 17.1 Å². The van der Waals surface area contributed by atoms with Crippen molar-refractivity contribution >= 4 is 76.1 Å². The highest BCUT2D eigenvalue weighted by molar-refractivity contribution is 7.49. The zero-order valence-corrected chi connectivity index (χ0v) is 41.5. The maximum Gasteiger partial charge on any atom is 0.647 e.